The average Bonchev–Trinajstić information content (AvgIpc) is 3.02. The zero-order valence-corrected chi connectivity index (χ0v) is 15.7. The Labute approximate surface area is 164 Å². The Morgan fingerprint density at radius 1 is 1.14 bits per heavy atom. The van der Waals surface area contributed by atoms with Crippen LogP contribution in [0.15, 0.2) is 48.5 Å². The lowest BCUT2D eigenvalue weighted by Crippen LogP contribution is -2.39. The maximum Gasteiger partial charge on any atom is 0.407 e. The maximum atomic E-state index is 12.2. The van der Waals surface area contributed by atoms with E-state index in [2.05, 4.69) is 34.9 Å². The molecular formula is C21H26N4O3. The van der Waals surface area contributed by atoms with Crippen molar-refractivity contribution in [2.24, 2.45) is 5.73 Å². The van der Waals surface area contributed by atoms with Crippen molar-refractivity contribution in [2.75, 3.05) is 19.8 Å². The minimum absolute atomic E-state index is 0.00509. The number of guanidine groups is 1. The average molecular weight is 382 g/mol. The third-order valence-corrected chi connectivity index (χ3v) is 4.93. The Balaban J connectivity index is 1.55. The highest BCUT2D eigenvalue weighted by molar-refractivity contribution is 5.79. The number of rotatable bonds is 8. The maximum absolute atomic E-state index is 12.2. The zero-order chi connectivity index (χ0) is 19.9. The van der Waals surface area contributed by atoms with Crippen LogP contribution in [-0.2, 0) is 4.74 Å². The summed E-state index contributed by atoms with van der Waals surface area (Å²) in [6, 6.07) is 15.9. The normalized spacial score (nSPS) is 13.3. The SMILES string of the molecule is N=C(N)NCCC[C@@H](CO)NC(=O)OCC1c2ccccc2-c2ccccc21. The molecule has 7 heteroatoms. The standard InChI is InChI=1S/C21H26N4O3/c22-20(23)24-11-5-6-14(12-26)25-21(27)28-13-19-17-9-3-1-7-15(17)16-8-2-4-10-18(16)19/h1-4,7-10,14,19,26H,5-6,11-13H2,(H,25,27)(H4,22,23,24)/t14-/m0/s1. The minimum atomic E-state index is -0.541. The Morgan fingerprint density at radius 3 is 2.32 bits per heavy atom. The van der Waals surface area contributed by atoms with Crippen LogP contribution in [0.3, 0.4) is 0 Å². The van der Waals surface area contributed by atoms with Crippen molar-refractivity contribution < 1.29 is 14.6 Å². The second-order valence-electron chi connectivity index (χ2n) is 6.83. The number of carbonyl (C=O) groups is 1. The van der Waals surface area contributed by atoms with Gasteiger partial charge in [-0.05, 0) is 35.1 Å². The molecule has 0 spiro atoms. The van der Waals surface area contributed by atoms with Gasteiger partial charge in [0.2, 0.25) is 0 Å². The summed E-state index contributed by atoms with van der Waals surface area (Å²) >= 11 is 0. The van der Waals surface area contributed by atoms with Gasteiger partial charge in [0, 0.05) is 12.5 Å². The van der Waals surface area contributed by atoms with E-state index in [0.717, 1.165) is 11.1 Å². The van der Waals surface area contributed by atoms with E-state index in [4.69, 9.17) is 15.9 Å². The fourth-order valence-electron chi connectivity index (χ4n) is 3.59. The molecule has 0 saturated carbocycles. The van der Waals surface area contributed by atoms with E-state index in [0.29, 0.717) is 19.4 Å². The van der Waals surface area contributed by atoms with Crippen molar-refractivity contribution in [3.05, 3.63) is 59.7 Å². The molecule has 0 fully saturated rings. The number of carbonyl (C=O) groups excluding carboxylic acids is 1. The van der Waals surface area contributed by atoms with Crippen LogP contribution in [-0.4, -0.2) is 43.0 Å². The minimum Gasteiger partial charge on any atom is -0.449 e. The van der Waals surface area contributed by atoms with E-state index in [1.807, 2.05) is 24.3 Å². The Morgan fingerprint density at radius 2 is 1.75 bits per heavy atom. The van der Waals surface area contributed by atoms with Crippen LogP contribution in [0, 0.1) is 5.41 Å². The summed E-state index contributed by atoms with van der Waals surface area (Å²) in [6.45, 7) is 0.576. The molecule has 0 aromatic heterocycles. The highest BCUT2D eigenvalue weighted by Gasteiger charge is 2.29. The number of ether oxygens (including phenoxy) is 1. The number of aliphatic hydroxyl groups is 1. The molecule has 28 heavy (non-hydrogen) atoms. The van der Waals surface area contributed by atoms with Gasteiger partial charge in [0.1, 0.15) is 6.61 Å². The molecule has 148 valence electrons. The van der Waals surface area contributed by atoms with Crippen molar-refractivity contribution in [2.45, 2.75) is 24.8 Å². The number of fused-ring (bicyclic) bond motifs is 3. The summed E-state index contributed by atoms with van der Waals surface area (Å²) in [5.41, 5.74) is 9.90. The molecule has 0 heterocycles. The molecule has 2 aromatic rings. The first-order valence-electron chi connectivity index (χ1n) is 9.40. The smallest absolute Gasteiger partial charge is 0.407 e. The van der Waals surface area contributed by atoms with Crippen LogP contribution >= 0.6 is 0 Å². The molecule has 1 atom stereocenters. The van der Waals surface area contributed by atoms with Crippen LogP contribution in [0.4, 0.5) is 4.79 Å². The third kappa shape index (κ3) is 4.61. The lowest BCUT2D eigenvalue weighted by molar-refractivity contribution is 0.131. The van der Waals surface area contributed by atoms with Crippen LogP contribution < -0.4 is 16.4 Å². The summed E-state index contributed by atoms with van der Waals surface area (Å²) in [5.74, 6) is -0.0875. The number of aliphatic hydroxyl groups excluding tert-OH is 1. The largest absolute Gasteiger partial charge is 0.449 e. The predicted octanol–water partition coefficient (Wildman–Crippen LogP) is 2.15. The van der Waals surface area contributed by atoms with Crippen molar-refractivity contribution in [3.63, 3.8) is 0 Å². The van der Waals surface area contributed by atoms with Crippen molar-refractivity contribution >= 4 is 12.1 Å². The number of hydrogen-bond donors (Lipinski definition) is 5. The van der Waals surface area contributed by atoms with Gasteiger partial charge < -0.3 is 26.2 Å². The Bertz CT molecular complexity index is 794. The molecule has 1 aliphatic carbocycles. The van der Waals surface area contributed by atoms with Gasteiger partial charge in [0.25, 0.3) is 0 Å². The van der Waals surface area contributed by atoms with Crippen LogP contribution in [0.2, 0.25) is 0 Å². The topological polar surface area (TPSA) is 120 Å². The van der Waals surface area contributed by atoms with E-state index in [1.54, 1.807) is 0 Å². The van der Waals surface area contributed by atoms with Crippen molar-refractivity contribution in [1.82, 2.24) is 10.6 Å². The van der Waals surface area contributed by atoms with Gasteiger partial charge in [-0.25, -0.2) is 4.79 Å². The highest BCUT2D eigenvalue weighted by atomic mass is 16.5. The van der Waals surface area contributed by atoms with Crippen LogP contribution in [0.5, 0.6) is 0 Å². The number of benzene rings is 2. The van der Waals surface area contributed by atoms with Gasteiger partial charge in [-0.2, -0.15) is 0 Å². The number of alkyl carbamates (subject to hydrolysis) is 1. The molecule has 6 N–H and O–H groups in total. The lowest BCUT2D eigenvalue weighted by Gasteiger charge is -2.18. The van der Waals surface area contributed by atoms with E-state index in [9.17, 15) is 9.90 Å². The number of amides is 1. The van der Waals surface area contributed by atoms with Gasteiger partial charge in [-0.1, -0.05) is 48.5 Å². The number of hydrogen-bond acceptors (Lipinski definition) is 4. The van der Waals surface area contributed by atoms with Crippen LogP contribution in [0.25, 0.3) is 11.1 Å². The zero-order valence-electron chi connectivity index (χ0n) is 15.7. The predicted molar refractivity (Wildman–Crippen MR) is 108 cm³/mol. The number of nitrogens with two attached hydrogens (primary N) is 1. The summed E-state index contributed by atoms with van der Waals surface area (Å²) in [6.07, 6.45) is 0.676. The van der Waals surface area contributed by atoms with Gasteiger partial charge >= 0.3 is 6.09 Å². The first-order valence-corrected chi connectivity index (χ1v) is 9.40. The van der Waals surface area contributed by atoms with Gasteiger partial charge in [0.15, 0.2) is 5.96 Å². The quantitative estimate of drug-likeness (QED) is 0.272. The second kappa shape index (κ2) is 9.23. The lowest BCUT2D eigenvalue weighted by atomic mass is 9.98. The van der Waals surface area contributed by atoms with E-state index in [1.165, 1.54) is 11.1 Å². The molecule has 2 aromatic carbocycles. The third-order valence-electron chi connectivity index (χ3n) is 4.93. The van der Waals surface area contributed by atoms with Gasteiger partial charge in [-0.3, -0.25) is 5.41 Å². The molecule has 0 aliphatic heterocycles. The van der Waals surface area contributed by atoms with Crippen LogP contribution in [0.1, 0.15) is 29.9 Å². The Hall–Kier alpha value is -3.06. The molecule has 1 amide bonds. The first kappa shape index (κ1) is 19.7. The number of nitrogens with one attached hydrogen (secondary N) is 3. The molecule has 0 saturated heterocycles. The summed E-state index contributed by atoms with van der Waals surface area (Å²) in [4.78, 5) is 12.2. The van der Waals surface area contributed by atoms with E-state index in [-0.39, 0.29) is 25.1 Å². The summed E-state index contributed by atoms with van der Waals surface area (Å²) < 4.78 is 5.49. The van der Waals surface area contributed by atoms with E-state index < -0.39 is 12.1 Å². The van der Waals surface area contributed by atoms with Gasteiger partial charge in [-0.15, -0.1) is 0 Å². The molecule has 3 rings (SSSR count). The first-order chi connectivity index (χ1) is 13.6. The molecule has 0 bridgehead atoms. The molecule has 0 unspecified atom stereocenters. The van der Waals surface area contributed by atoms with Crippen molar-refractivity contribution in [3.8, 4) is 11.1 Å². The highest BCUT2D eigenvalue weighted by Crippen LogP contribution is 2.44. The molecule has 1 aliphatic rings. The fraction of sp³-hybridized carbons (Fsp3) is 0.333. The van der Waals surface area contributed by atoms with Crippen molar-refractivity contribution in [1.29, 1.82) is 5.41 Å². The second-order valence-corrected chi connectivity index (χ2v) is 6.83. The van der Waals surface area contributed by atoms with E-state index >= 15 is 0 Å². The molecule has 0 radical (unpaired) electrons. The molecule has 7 nitrogen and oxygen atoms in total. The monoisotopic (exact) mass is 382 g/mol. The molecular weight excluding hydrogens is 356 g/mol. The van der Waals surface area contributed by atoms with Gasteiger partial charge in [0.05, 0.1) is 12.6 Å². The Kier molecular flexibility index (Phi) is 6.49. The summed E-state index contributed by atoms with van der Waals surface area (Å²) in [7, 11) is 0. The summed E-state index contributed by atoms with van der Waals surface area (Å²) in [5, 5.41) is 22.0. The fourth-order valence-corrected chi connectivity index (χ4v) is 3.59.